The maximum Gasteiger partial charge on any atom is 0.251 e. The zero-order chi connectivity index (χ0) is 26.3. The average molecular weight is 533 g/mol. The lowest BCUT2D eigenvalue weighted by Gasteiger charge is -2.28. The van der Waals surface area contributed by atoms with E-state index < -0.39 is 42.3 Å². The van der Waals surface area contributed by atoms with Gasteiger partial charge in [0.05, 0.1) is 18.3 Å². The van der Waals surface area contributed by atoms with E-state index in [0.717, 1.165) is 16.3 Å². The topological polar surface area (TPSA) is 101 Å². The Morgan fingerprint density at radius 3 is 2.70 bits per heavy atom. The van der Waals surface area contributed by atoms with Crippen LogP contribution in [0.1, 0.15) is 48.1 Å². The van der Waals surface area contributed by atoms with Gasteiger partial charge < -0.3 is 20.3 Å². The van der Waals surface area contributed by atoms with Crippen molar-refractivity contribution in [3.8, 4) is 11.3 Å². The highest BCUT2D eigenvalue weighted by Crippen LogP contribution is 2.32. The maximum absolute atomic E-state index is 14.4. The fraction of sp³-hybridized carbons (Fsp3) is 0.538. The Hall–Kier alpha value is -2.76. The fourth-order valence-electron chi connectivity index (χ4n) is 5.21. The number of rotatable bonds is 7. The smallest absolute Gasteiger partial charge is 0.251 e. The second-order valence-electron chi connectivity index (χ2n) is 10.3. The van der Waals surface area contributed by atoms with Crippen LogP contribution in [-0.4, -0.2) is 77.7 Å². The number of nitrogens with zero attached hydrogens (tertiary/aromatic N) is 2. The van der Waals surface area contributed by atoms with Crippen LogP contribution in [0.15, 0.2) is 29.6 Å². The summed E-state index contributed by atoms with van der Waals surface area (Å²) in [6.07, 6.45) is -2.47. The minimum absolute atomic E-state index is 0.0765. The molecule has 4 heterocycles. The summed E-state index contributed by atoms with van der Waals surface area (Å²) in [5.41, 5.74) is 1.93. The lowest BCUT2D eigenvalue weighted by molar-refractivity contribution is -0.138. The van der Waals surface area contributed by atoms with E-state index in [-0.39, 0.29) is 30.9 Å². The van der Waals surface area contributed by atoms with E-state index in [1.165, 1.54) is 16.2 Å². The molecule has 37 heavy (non-hydrogen) atoms. The number of carbonyl (C=O) groups is 3. The molecule has 1 aromatic heterocycles. The minimum atomic E-state index is -1.43. The first-order chi connectivity index (χ1) is 17.7. The van der Waals surface area contributed by atoms with E-state index in [1.54, 1.807) is 24.3 Å². The Labute approximate surface area is 217 Å². The van der Waals surface area contributed by atoms with Gasteiger partial charge in [-0.05, 0) is 24.5 Å². The number of benzene rings is 1. The summed E-state index contributed by atoms with van der Waals surface area (Å²) < 4.78 is 33.2. The molecule has 8 nitrogen and oxygen atoms in total. The lowest BCUT2D eigenvalue weighted by Crippen LogP contribution is -2.52. The van der Waals surface area contributed by atoms with Crippen LogP contribution in [0.5, 0.6) is 0 Å². The molecule has 11 heteroatoms. The number of amides is 2. The van der Waals surface area contributed by atoms with Crippen molar-refractivity contribution in [3.05, 3.63) is 40.2 Å². The first-order valence-corrected chi connectivity index (χ1v) is 13.4. The number of likely N-dealkylation sites (tertiary alicyclic amines) is 1. The molecule has 2 unspecified atom stereocenters. The van der Waals surface area contributed by atoms with Gasteiger partial charge in [-0.25, -0.2) is 13.8 Å². The predicted octanol–water partition coefficient (Wildman–Crippen LogP) is 2.84. The first-order valence-electron chi connectivity index (χ1n) is 12.5. The van der Waals surface area contributed by atoms with Gasteiger partial charge in [-0.2, -0.15) is 0 Å². The Kier molecular flexibility index (Phi) is 7.37. The molecule has 1 aromatic carbocycles. The van der Waals surface area contributed by atoms with Gasteiger partial charge in [0.2, 0.25) is 5.91 Å². The minimum Gasteiger partial charge on any atom is -0.365 e. The molecule has 3 aliphatic heterocycles. The second-order valence-corrected chi connectivity index (χ2v) is 11.2. The number of alkyl halides is 2. The summed E-state index contributed by atoms with van der Waals surface area (Å²) in [6.45, 7) is 3.75. The van der Waals surface area contributed by atoms with Gasteiger partial charge in [-0.15, -0.1) is 11.3 Å². The van der Waals surface area contributed by atoms with Crippen molar-refractivity contribution in [2.24, 2.45) is 5.92 Å². The number of aromatic nitrogens is 1. The van der Waals surface area contributed by atoms with Crippen LogP contribution >= 0.6 is 11.3 Å². The highest BCUT2D eigenvalue weighted by molar-refractivity contribution is 7.10. The summed E-state index contributed by atoms with van der Waals surface area (Å²) in [6, 6.07) is 4.95. The second kappa shape index (κ2) is 10.5. The van der Waals surface area contributed by atoms with Crippen molar-refractivity contribution < 1.29 is 27.9 Å². The highest BCUT2D eigenvalue weighted by Gasteiger charge is 2.53. The van der Waals surface area contributed by atoms with E-state index in [9.17, 15) is 23.2 Å². The van der Waals surface area contributed by atoms with Crippen LogP contribution in [-0.2, 0) is 14.3 Å². The normalized spacial score (nSPS) is 28.1. The van der Waals surface area contributed by atoms with Gasteiger partial charge in [0.1, 0.15) is 42.1 Å². The molecule has 6 atom stereocenters. The molecule has 3 aliphatic rings. The van der Waals surface area contributed by atoms with Crippen molar-refractivity contribution in [2.45, 2.75) is 63.3 Å². The standard InChI is InChI=1S/C26H30F2N4O4S/c1-13(2)7-19(26(35)32-10-17(28)23-22(32)21(33)11-36-23)30-24(34)15-5-3-14(4-6-15)20-12-37-25(31-20)18-8-16(27)9-29-18/h3-6,12-13,16-19,22-23,29H,7-11H2,1-2H3,(H,30,34)/t16?,17-,18?,19-,22+,23+/m0/s1. The number of Topliss-reactive ketones (excluding diaryl/α,β-unsaturated/α-hetero) is 1. The molecular formula is C26H30F2N4O4S. The molecule has 3 fully saturated rings. The molecule has 2 N–H and O–H groups in total. The van der Waals surface area contributed by atoms with Crippen LogP contribution in [0.4, 0.5) is 8.78 Å². The molecule has 2 amide bonds. The fourth-order valence-corrected chi connectivity index (χ4v) is 6.13. The molecule has 0 radical (unpaired) electrons. The van der Waals surface area contributed by atoms with Crippen LogP contribution in [0, 0.1) is 5.92 Å². The zero-order valence-electron chi connectivity index (χ0n) is 20.7. The van der Waals surface area contributed by atoms with Crippen molar-refractivity contribution >= 4 is 28.9 Å². The van der Waals surface area contributed by atoms with Crippen LogP contribution in [0.2, 0.25) is 0 Å². The molecule has 2 aromatic rings. The van der Waals surface area contributed by atoms with E-state index in [0.29, 0.717) is 24.9 Å². The largest absolute Gasteiger partial charge is 0.365 e. The van der Waals surface area contributed by atoms with Crippen LogP contribution in [0.3, 0.4) is 0 Å². The third-order valence-electron chi connectivity index (χ3n) is 7.06. The number of ether oxygens (including phenoxy) is 1. The van der Waals surface area contributed by atoms with Gasteiger partial charge in [0.15, 0.2) is 5.78 Å². The maximum atomic E-state index is 14.4. The van der Waals surface area contributed by atoms with Crippen LogP contribution in [0.25, 0.3) is 11.3 Å². The summed E-state index contributed by atoms with van der Waals surface area (Å²) >= 11 is 1.47. The molecule has 3 saturated heterocycles. The summed E-state index contributed by atoms with van der Waals surface area (Å²) in [4.78, 5) is 44.5. The number of thiazole rings is 1. The van der Waals surface area contributed by atoms with E-state index >= 15 is 0 Å². The van der Waals surface area contributed by atoms with Gasteiger partial charge in [0.25, 0.3) is 5.91 Å². The Balaban J connectivity index is 1.27. The molecular weight excluding hydrogens is 502 g/mol. The third kappa shape index (κ3) is 5.30. The summed E-state index contributed by atoms with van der Waals surface area (Å²) in [5, 5.41) is 8.66. The van der Waals surface area contributed by atoms with Gasteiger partial charge in [-0.3, -0.25) is 14.4 Å². The Bertz CT molecular complexity index is 1170. The molecule has 198 valence electrons. The number of halogens is 2. The molecule has 0 spiro atoms. The van der Waals surface area contributed by atoms with E-state index in [4.69, 9.17) is 4.74 Å². The number of hydrogen-bond acceptors (Lipinski definition) is 7. The van der Waals surface area contributed by atoms with Crippen molar-refractivity contribution in [2.75, 3.05) is 19.7 Å². The predicted molar refractivity (Wildman–Crippen MR) is 134 cm³/mol. The monoisotopic (exact) mass is 532 g/mol. The number of nitrogens with one attached hydrogen (secondary N) is 2. The Morgan fingerprint density at radius 2 is 2.03 bits per heavy atom. The quantitative estimate of drug-likeness (QED) is 0.569. The summed E-state index contributed by atoms with van der Waals surface area (Å²) in [5.74, 6) is -1.15. The van der Waals surface area contributed by atoms with Crippen molar-refractivity contribution in [1.82, 2.24) is 20.5 Å². The number of carbonyl (C=O) groups excluding carboxylic acids is 3. The number of fused-ring (bicyclic) bond motifs is 1. The molecule has 5 rings (SSSR count). The third-order valence-corrected chi connectivity index (χ3v) is 8.01. The van der Waals surface area contributed by atoms with Crippen molar-refractivity contribution in [1.29, 1.82) is 0 Å². The van der Waals surface area contributed by atoms with Gasteiger partial charge >= 0.3 is 0 Å². The lowest BCUT2D eigenvalue weighted by atomic mass is 10.0. The van der Waals surface area contributed by atoms with Gasteiger partial charge in [-0.1, -0.05) is 26.0 Å². The van der Waals surface area contributed by atoms with Crippen LogP contribution < -0.4 is 10.6 Å². The van der Waals surface area contributed by atoms with Gasteiger partial charge in [0, 0.05) is 29.5 Å². The van der Waals surface area contributed by atoms with E-state index in [1.807, 2.05) is 19.2 Å². The molecule has 0 bridgehead atoms. The highest BCUT2D eigenvalue weighted by atomic mass is 32.1. The SMILES string of the molecule is CC(C)C[C@H](NC(=O)c1ccc(-c2csc(C3CC(F)CN3)n2)cc1)C(=O)N1C[C@H](F)[C@H]2OCC(=O)[C@H]21. The van der Waals surface area contributed by atoms with Crippen molar-refractivity contribution in [3.63, 3.8) is 0 Å². The first kappa shape index (κ1) is 25.9. The van der Waals surface area contributed by atoms with E-state index in [2.05, 4.69) is 15.6 Å². The number of ketones is 1. The average Bonchev–Trinajstić information content (AvgIpc) is 3.65. The zero-order valence-corrected chi connectivity index (χ0v) is 21.5. The number of hydrogen-bond donors (Lipinski definition) is 2. The molecule has 0 aliphatic carbocycles. The Morgan fingerprint density at radius 1 is 1.27 bits per heavy atom. The summed E-state index contributed by atoms with van der Waals surface area (Å²) in [7, 11) is 0. The molecule has 0 saturated carbocycles.